The number of aliphatic carboxylic acids is 1. The van der Waals surface area contributed by atoms with Gasteiger partial charge >= 0.3 is 11.9 Å². The lowest BCUT2D eigenvalue weighted by Gasteiger charge is -2.24. The third kappa shape index (κ3) is 5.36. The highest BCUT2D eigenvalue weighted by Crippen LogP contribution is 2.40. The molecule has 0 saturated heterocycles. The van der Waals surface area contributed by atoms with E-state index in [4.69, 9.17) is 32.9 Å². The summed E-state index contributed by atoms with van der Waals surface area (Å²) in [7, 11) is 0. The summed E-state index contributed by atoms with van der Waals surface area (Å²) < 4.78 is 21.1. The lowest BCUT2D eigenvalue weighted by molar-refractivity contribution is -0.136. The maximum absolute atomic E-state index is 14.0. The van der Waals surface area contributed by atoms with Gasteiger partial charge in [-0.25, -0.2) is 14.2 Å². The fourth-order valence-corrected chi connectivity index (χ4v) is 4.97. The van der Waals surface area contributed by atoms with Crippen molar-refractivity contribution in [3.8, 4) is 16.9 Å². The molecule has 4 rings (SSSR count). The monoisotopic (exact) mass is 518 g/mol. The van der Waals surface area contributed by atoms with E-state index in [1.807, 2.05) is 0 Å². The molecule has 0 spiro atoms. The fraction of sp³-hybridized carbons (Fsp3) is 0.346. The molecule has 0 aliphatic heterocycles. The Hall–Kier alpha value is -2.90. The number of carboxylic acid groups (broad SMARTS) is 1. The Balaban J connectivity index is 2.08. The van der Waals surface area contributed by atoms with Crippen LogP contribution in [0.4, 0.5) is 4.39 Å². The van der Waals surface area contributed by atoms with E-state index in [1.54, 1.807) is 29.7 Å². The van der Waals surface area contributed by atoms with Crippen LogP contribution in [0.2, 0.25) is 10.0 Å². The number of benzene rings is 2. The molecule has 1 aliphatic rings. The Bertz CT molecular complexity index is 1270. The van der Waals surface area contributed by atoms with E-state index in [0.717, 1.165) is 32.1 Å². The molecule has 0 amide bonds. The van der Waals surface area contributed by atoms with Crippen LogP contribution in [0.15, 0.2) is 36.4 Å². The Kier molecular flexibility index (Phi) is 7.77. The topological polar surface area (TPSA) is 81.4 Å². The fourth-order valence-electron chi connectivity index (χ4n) is 4.63. The summed E-state index contributed by atoms with van der Waals surface area (Å²) in [6.07, 6.45) is 4.63. The second-order valence-electron chi connectivity index (χ2n) is 8.53. The Morgan fingerprint density at radius 3 is 2.54 bits per heavy atom. The van der Waals surface area contributed by atoms with Crippen LogP contribution in [0.5, 0.6) is 0 Å². The van der Waals surface area contributed by atoms with Crippen molar-refractivity contribution in [1.29, 1.82) is 0 Å². The van der Waals surface area contributed by atoms with Gasteiger partial charge in [0.2, 0.25) is 0 Å². The van der Waals surface area contributed by atoms with Crippen LogP contribution in [0, 0.1) is 5.82 Å². The number of halogens is 3. The molecule has 184 valence electrons. The number of aromatic nitrogens is 2. The van der Waals surface area contributed by atoms with Crippen LogP contribution >= 0.6 is 23.2 Å². The summed E-state index contributed by atoms with van der Waals surface area (Å²) in [6.45, 7) is 1.85. The number of hydrogen-bond acceptors (Lipinski definition) is 4. The molecule has 1 aliphatic carbocycles. The number of nitrogens with zero attached hydrogens (tertiary/aromatic N) is 2. The van der Waals surface area contributed by atoms with Crippen molar-refractivity contribution in [3.05, 3.63) is 69.3 Å². The number of carbonyl (C=O) groups excluding carboxylic acids is 1. The smallest absolute Gasteiger partial charge is 0.359 e. The minimum absolute atomic E-state index is 0.0401. The van der Waals surface area contributed by atoms with Gasteiger partial charge in [-0.05, 0) is 55.7 Å². The quantitative estimate of drug-likeness (QED) is 0.346. The zero-order valence-corrected chi connectivity index (χ0v) is 20.7. The lowest BCUT2D eigenvalue weighted by atomic mass is 9.88. The predicted molar refractivity (Wildman–Crippen MR) is 132 cm³/mol. The number of esters is 1. The van der Waals surface area contributed by atoms with Crippen molar-refractivity contribution < 1.29 is 23.8 Å². The number of hydrogen-bond donors (Lipinski definition) is 1. The van der Waals surface area contributed by atoms with Gasteiger partial charge in [0.15, 0.2) is 5.69 Å². The van der Waals surface area contributed by atoms with Crippen LogP contribution in [0.25, 0.3) is 16.9 Å². The molecular formula is C26H25Cl2FN2O4. The Morgan fingerprint density at radius 2 is 1.89 bits per heavy atom. The molecule has 1 N–H and O–H groups in total. The third-order valence-electron chi connectivity index (χ3n) is 6.17. The molecule has 9 heteroatoms. The van der Waals surface area contributed by atoms with Crippen molar-refractivity contribution in [3.63, 3.8) is 0 Å². The zero-order chi connectivity index (χ0) is 25.1. The summed E-state index contributed by atoms with van der Waals surface area (Å²) >= 11 is 12.5. The molecule has 0 bridgehead atoms. The highest BCUT2D eigenvalue weighted by atomic mass is 35.5. The molecule has 1 aromatic heterocycles. The number of rotatable bonds is 7. The molecule has 0 atom stereocenters. The molecule has 0 radical (unpaired) electrons. The van der Waals surface area contributed by atoms with Gasteiger partial charge in [0.25, 0.3) is 0 Å². The van der Waals surface area contributed by atoms with Gasteiger partial charge in [-0.2, -0.15) is 0 Å². The summed E-state index contributed by atoms with van der Waals surface area (Å²) in [5.41, 5.74) is 1.88. The van der Waals surface area contributed by atoms with Crippen molar-refractivity contribution in [2.75, 3.05) is 6.61 Å². The molecule has 2 aromatic carbocycles. The molecule has 1 saturated carbocycles. The summed E-state index contributed by atoms with van der Waals surface area (Å²) in [4.78, 5) is 29.5. The lowest BCUT2D eigenvalue weighted by Crippen LogP contribution is -2.14. The van der Waals surface area contributed by atoms with Gasteiger partial charge in [-0.3, -0.25) is 9.36 Å². The first-order chi connectivity index (χ1) is 16.8. The number of imidazole rings is 1. The molecule has 6 nitrogen and oxygen atoms in total. The van der Waals surface area contributed by atoms with E-state index in [0.29, 0.717) is 33.4 Å². The van der Waals surface area contributed by atoms with Gasteiger partial charge in [0, 0.05) is 16.5 Å². The summed E-state index contributed by atoms with van der Waals surface area (Å²) in [6, 6.07) is 9.11. The van der Waals surface area contributed by atoms with Crippen molar-refractivity contribution in [2.24, 2.45) is 0 Å². The highest BCUT2D eigenvalue weighted by Gasteiger charge is 2.31. The largest absolute Gasteiger partial charge is 0.481 e. The molecular weight excluding hydrogens is 494 g/mol. The Labute approximate surface area is 212 Å². The number of ether oxygens (including phenoxy) is 1. The molecule has 1 fully saturated rings. The highest BCUT2D eigenvalue weighted by molar-refractivity contribution is 6.31. The van der Waals surface area contributed by atoms with E-state index >= 15 is 0 Å². The van der Waals surface area contributed by atoms with E-state index in [1.165, 1.54) is 18.2 Å². The van der Waals surface area contributed by atoms with Crippen molar-refractivity contribution in [2.45, 2.75) is 51.4 Å². The van der Waals surface area contributed by atoms with Crippen LogP contribution in [-0.4, -0.2) is 33.2 Å². The minimum atomic E-state index is -1.01. The Morgan fingerprint density at radius 1 is 1.14 bits per heavy atom. The number of carboxylic acids is 1. The first-order valence-corrected chi connectivity index (χ1v) is 12.3. The summed E-state index contributed by atoms with van der Waals surface area (Å²) in [5, 5.41) is 9.84. The average molecular weight is 519 g/mol. The SMILES string of the molecule is CCOC(=O)c1nc(C2CCCCC2)n(-c2cc(Cl)ccc2CC(=O)O)c1-c1ccc(F)c(Cl)c1. The van der Waals surface area contributed by atoms with Crippen LogP contribution in [0.3, 0.4) is 0 Å². The van der Waals surface area contributed by atoms with E-state index < -0.39 is 17.8 Å². The van der Waals surface area contributed by atoms with Crippen LogP contribution < -0.4 is 0 Å². The first kappa shape index (κ1) is 25.2. The van der Waals surface area contributed by atoms with E-state index in [2.05, 4.69) is 0 Å². The van der Waals surface area contributed by atoms with Gasteiger partial charge in [0.1, 0.15) is 11.6 Å². The van der Waals surface area contributed by atoms with Crippen LogP contribution in [0.1, 0.15) is 66.8 Å². The van der Waals surface area contributed by atoms with Gasteiger partial charge in [-0.15, -0.1) is 0 Å². The molecule has 1 heterocycles. The van der Waals surface area contributed by atoms with E-state index in [-0.39, 0.29) is 29.7 Å². The second kappa shape index (κ2) is 10.8. The normalized spacial score (nSPS) is 14.2. The zero-order valence-electron chi connectivity index (χ0n) is 19.2. The van der Waals surface area contributed by atoms with Gasteiger partial charge in [0.05, 0.1) is 29.4 Å². The molecule has 0 unspecified atom stereocenters. The predicted octanol–water partition coefficient (Wildman–Crippen LogP) is 6.84. The minimum Gasteiger partial charge on any atom is -0.481 e. The second-order valence-corrected chi connectivity index (χ2v) is 9.37. The van der Waals surface area contributed by atoms with Crippen molar-refractivity contribution >= 4 is 35.1 Å². The summed E-state index contributed by atoms with van der Waals surface area (Å²) in [5.74, 6) is -1.57. The molecule has 3 aromatic rings. The average Bonchev–Trinajstić information content (AvgIpc) is 3.23. The van der Waals surface area contributed by atoms with Crippen LogP contribution in [-0.2, 0) is 16.0 Å². The third-order valence-corrected chi connectivity index (χ3v) is 6.69. The maximum atomic E-state index is 14.0. The standard InChI is InChI=1S/C26H25Cl2FN2O4/c1-2-35-26(34)23-24(17-9-11-20(29)19(28)12-17)31(25(30-23)15-6-4-3-5-7-15)21-14-18(27)10-8-16(21)13-22(32)33/h8-12,14-15H,2-7,13H2,1H3,(H,32,33). The molecule has 35 heavy (non-hydrogen) atoms. The van der Waals surface area contributed by atoms with Gasteiger partial charge in [-0.1, -0.05) is 48.5 Å². The first-order valence-electron chi connectivity index (χ1n) is 11.6. The van der Waals surface area contributed by atoms with E-state index in [9.17, 15) is 19.1 Å². The van der Waals surface area contributed by atoms with Crippen molar-refractivity contribution in [1.82, 2.24) is 9.55 Å². The maximum Gasteiger partial charge on any atom is 0.359 e. The number of carbonyl (C=O) groups is 2. The van der Waals surface area contributed by atoms with Gasteiger partial charge < -0.3 is 9.84 Å².